The van der Waals surface area contributed by atoms with Gasteiger partial charge < -0.3 is 15.4 Å². The Morgan fingerprint density at radius 1 is 1.44 bits per heavy atom. The zero-order valence-electron chi connectivity index (χ0n) is 10.8. The number of hydrogen-bond acceptors (Lipinski definition) is 5. The van der Waals surface area contributed by atoms with Gasteiger partial charge in [-0.2, -0.15) is 0 Å². The Hall–Kier alpha value is -0.880. The number of anilines is 2. The topological polar surface area (TPSA) is 59.1 Å². The van der Waals surface area contributed by atoms with Crippen molar-refractivity contribution in [3.63, 3.8) is 0 Å². The van der Waals surface area contributed by atoms with Crippen molar-refractivity contribution >= 4 is 27.6 Å². The van der Waals surface area contributed by atoms with Crippen LogP contribution in [0.3, 0.4) is 0 Å². The minimum absolute atomic E-state index is 0.0428. The van der Waals surface area contributed by atoms with E-state index in [0.29, 0.717) is 6.61 Å². The molecular weight excluding hydrogens is 296 g/mol. The van der Waals surface area contributed by atoms with Gasteiger partial charge in [-0.05, 0) is 35.7 Å². The van der Waals surface area contributed by atoms with E-state index in [4.69, 9.17) is 4.74 Å². The van der Waals surface area contributed by atoms with Crippen LogP contribution in [-0.2, 0) is 4.74 Å². The van der Waals surface area contributed by atoms with Gasteiger partial charge in [-0.15, -0.1) is 0 Å². The number of aromatic nitrogens is 2. The van der Waals surface area contributed by atoms with Crippen LogP contribution < -0.4 is 10.6 Å². The molecule has 0 aromatic carbocycles. The molecule has 0 aliphatic carbocycles. The highest BCUT2D eigenvalue weighted by atomic mass is 79.9. The minimum atomic E-state index is -0.0428. The standard InChI is InChI=1S/C12H19BrN4O/c1-3-5-14-10-9(13)11(16-8-15-10)17-12(2)4-6-18-7-12/h8H,3-7H2,1-2H3,(H2,14,15,16,17). The van der Waals surface area contributed by atoms with Crippen LogP contribution in [0.2, 0.25) is 0 Å². The molecule has 1 atom stereocenters. The normalized spacial score (nSPS) is 23.1. The van der Waals surface area contributed by atoms with Crippen molar-refractivity contribution in [2.45, 2.75) is 32.2 Å². The Morgan fingerprint density at radius 2 is 2.22 bits per heavy atom. The Bertz CT molecular complexity index is 407. The number of halogens is 1. The number of nitrogens with zero attached hydrogens (tertiary/aromatic N) is 2. The van der Waals surface area contributed by atoms with Crippen LogP contribution in [0.15, 0.2) is 10.8 Å². The van der Waals surface area contributed by atoms with Gasteiger partial charge in [-0.25, -0.2) is 9.97 Å². The molecule has 1 aliphatic rings. The zero-order chi connectivity index (χ0) is 13.0. The molecule has 100 valence electrons. The summed E-state index contributed by atoms with van der Waals surface area (Å²) in [5.41, 5.74) is -0.0428. The van der Waals surface area contributed by atoms with Gasteiger partial charge in [0.25, 0.3) is 0 Å². The average Bonchev–Trinajstić information content (AvgIpc) is 2.77. The Balaban J connectivity index is 2.12. The average molecular weight is 315 g/mol. The van der Waals surface area contributed by atoms with Gasteiger partial charge in [0.1, 0.15) is 22.4 Å². The molecule has 0 saturated carbocycles. The minimum Gasteiger partial charge on any atom is -0.379 e. The van der Waals surface area contributed by atoms with Gasteiger partial charge in [-0.1, -0.05) is 6.92 Å². The van der Waals surface area contributed by atoms with Crippen LogP contribution in [0, 0.1) is 0 Å². The monoisotopic (exact) mass is 314 g/mol. The van der Waals surface area contributed by atoms with Crippen molar-refractivity contribution in [1.29, 1.82) is 0 Å². The lowest BCUT2D eigenvalue weighted by molar-refractivity contribution is 0.185. The highest BCUT2D eigenvalue weighted by Gasteiger charge is 2.30. The first-order valence-corrected chi connectivity index (χ1v) is 7.04. The molecule has 1 aliphatic heterocycles. The third-order valence-corrected chi connectivity index (χ3v) is 3.72. The van der Waals surface area contributed by atoms with Gasteiger partial charge in [0.05, 0.1) is 12.1 Å². The van der Waals surface area contributed by atoms with Crippen molar-refractivity contribution < 1.29 is 4.74 Å². The lowest BCUT2D eigenvalue weighted by Crippen LogP contribution is -2.35. The predicted octanol–water partition coefficient (Wildman–Crippen LogP) is 2.65. The molecule has 1 fully saturated rings. The summed E-state index contributed by atoms with van der Waals surface area (Å²) in [7, 11) is 0. The third-order valence-electron chi connectivity index (χ3n) is 2.97. The van der Waals surface area contributed by atoms with E-state index < -0.39 is 0 Å². The van der Waals surface area contributed by atoms with Crippen molar-refractivity contribution in [3.05, 3.63) is 10.8 Å². The van der Waals surface area contributed by atoms with Gasteiger partial charge in [0.2, 0.25) is 0 Å². The van der Waals surface area contributed by atoms with E-state index in [1.165, 1.54) is 0 Å². The van der Waals surface area contributed by atoms with E-state index in [0.717, 1.165) is 42.1 Å². The van der Waals surface area contributed by atoms with Crippen LogP contribution in [0.1, 0.15) is 26.7 Å². The third kappa shape index (κ3) is 3.11. The molecule has 1 aromatic heterocycles. The van der Waals surface area contributed by atoms with Crippen LogP contribution in [0.4, 0.5) is 11.6 Å². The summed E-state index contributed by atoms with van der Waals surface area (Å²) in [5.74, 6) is 1.65. The smallest absolute Gasteiger partial charge is 0.146 e. The fraction of sp³-hybridized carbons (Fsp3) is 0.667. The maximum atomic E-state index is 5.43. The van der Waals surface area contributed by atoms with Gasteiger partial charge in [0.15, 0.2) is 0 Å². The highest BCUT2D eigenvalue weighted by Crippen LogP contribution is 2.30. The Morgan fingerprint density at radius 3 is 2.89 bits per heavy atom. The molecule has 1 unspecified atom stereocenters. The second kappa shape index (κ2) is 5.84. The summed E-state index contributed by atoms with van der Waals surface area (Å²) in [6, 6.07) is 0. The quantitative estimate of drug-likeness (QED) is 0.875. The molecule has 0 spiro atoms. The van der Waals surface area contributed by atoms with Crippen LogP contribution in [-0.4, -0.2) is 35.3 Å². The molecule has 18 heavy (non-hydrogen) atoms. The fourth-order valence-corrected chi connectivity index (χ4v) is 2.32. The maximum absolute atomic E-state index is 5.43. The van der Waals surface area contributed by atoms with Gasteiger partial charge in [-0.3, -0.25) is 0 Å². The highest BCUT2D eigenvalue weighted by molar-refractivity contribution is 9.10. The van der Waals surface area contributed by atoms with Crippen molar-refractivity contribution in [1.82, 2.24) is 9.97 Å². The van der Waals surface area contributed by atoms with E-state index in [1.807, 2.05) is 0 Å². The van der Waals surface area contributed by atoms with E-state index in [1.54, 1.807) is 6.33 Å². The molecule has 0 bridgehead atoms. The van der Waals surface area contributed by atoms with Gasteiger partial charge >= 0.3 is 0 Å². The second-order valence-corrected chi connectivity index (χ2v) is 5.59. The largest absolute Gasteiger partial charge is 0.379 e. The number of ether oxygens (including phenoxy) is 1. The summed E-state index contributed by atoms with van der Waals surface area (Å²) in [6.07, 6.45) is 3.62. The number of hydrogen-bond donors (Lipinski definition) is 2. The molecule has 1 saturated heterocycles. The number of rotatable bonds is 5. The predicted molar refractivity (Wildman–Crippen MR) is 76.0 cm³/mol. The first-order valence-electron chi connectivity index (χ1n) is 6.25. The van der Waals surface area contributed by atoms with Crippen molar-refractivity contribution in [2.24, 2.45) is 0 Å². The molecule has 2 N–H and O–H groups in total. The SMILES string of the molecule is CCCNc1ncnc(NC2(C)CCOC2)c1Br. The first-order chi connectivity index (χ1) is 8.64. The first kappa shape index (κ1) is 13.5. The molecular formula is C12H19BrN4O. The zero-order valence-corrected chi connectivity index (χ0v) is 12.4. The van der Waals surface area contributed by atoms with Crippen molar-refractivity contribution in [3.8, 4) is 0 Å². The molecule has 2 rings (SSSR count). The van der Waals surface area contributed by atoms with Crippen molar-refractivity contribution in [2.75, 3.05) is 30.4 Å². The van der Waals surface area contributed by atoms with E-state index in [2.05, 4.69) is 50.4 Å². The molecule has 6 heteroatoms. The fourth-order valence-electron chi connectivity index (χ4n) is 1.88. The van der Waals surface area contributed by atoms with Crippen LogP contribution in [0.5, 0.6) is 0 Å². The van der Waals surface area contributed by atoms with Crippen LogP contribution >= 0.6 is 15.9 Å². The summed E-state index contributed by atoms with van der Waals surface area (Å²) >= 11 is 3.55. The van der Waals surface area contributed by atoms with E-state index >= 15 is 0 Å². The molecule has 1 aromatic rings. The Labute approximate surface area is 116 Å². The lowest BCUT2D eigenvalue weighted by Gasteiger charge is -2.25. The summed E-state index contributed by atoms with van der Waals surface area (Å²) in [5, 5.41) is 6.71. The van der Waals surface area contributed by atoms with E-state index in [-0.39, 0.29) is 5.54 Å². The van der Waals surface area contributed by atoms with Crippen LogP contribution in [0.25, 0.3) is 0 Å². The summed E-state index contributed by atoms with van der Waals surface area (Å²) < 4.78 is 6.31. The maximum Gasteiger partial charge on any atom is 0.146 e. The molecule has 5 nitrogen and oxygen atoms in total. The number of nitrogens with one attached hydrogen (secondary N) is 2. The lowest BCUT2D eigenvalue weighted by atomic mass is 10.0. The second-order valence-electron chi connectivity index (χ2n) is 4.80. The van der Waals surface area contributed by atoms with E-state index in [9.17, 15) is 0 Å². The molecule has 2 heterocycles. The molecule has 0 amide bonds. The Kier molecular flexibility index (Phi) is 4.40. The summed E-state index contributed by atoms with van der Waals surface area (Å²) in [4.78, 5) is 8.52. The molecule has 0 radical (unpaired) electrons. The van der Waals surface area contributed by atoms with Gasteiger partial charge in [0, 0.05) is 13.2 Å². The summed E-state index contributed by atoms with van der Waals surface area (Å²) in [6.45, 7) is 6.68.